The minimum absolute atomic E-state index is 0.243. The predicted molar refractivity (Wildman–Crippen MR) is 94.4 cm³/mol. The van der Waals surface area contributed by atoms with Gasteiger partial charge in [-0.2, -0.15) is 0 Å². The molecule has 2 aromatic rings. The molecule has 114 valence electrons. The summed E-state index contributed by atoms with van der Waals surface area (Å²) in [6.45, 7) is 4.80. The van der Waals surface area contributed by atoms with Crippen LogP contribution in [0.25, 0.3) is 11.1 Å². The van der Waals surface area contributed by atoms with Gasteiger partial charge >= 0.3 is 0 Å². The minimum atomic E-state index is 0.243. The number of hydrogen-bond donors (Lipinski definition) is 1. The maximum absolute atomic E-state index is 3.33. The van der Waals surface area contributed by atoms with E-state index in [-0.39, 0.29) is 5.41 Å². The van der Waals surface area contributed by atoms with E-state index in [4.69, 9.17) is 0 Å². The van der Waals surface area contributed by atoms with Crippen LogP contribution in [-0.2, 0) is 5.41 Å². The fourth-order valence-electron chi connectivity index (χ4n) is 5.22. The molecule has 0 saturated heterocycles. The summed E-state index contributed by atoms with van der Waals surface area (Å²) in [4.78, 5) is 0. The van der Waals surface area contributed by atoms with Crippen molar-refractivity contribution in [3.63, 3.8) is 0 Å². The number of fused-ring (bicyclic) bond motifs is 5. The van der Waals surface area contributed by atoms with Gasteiger partial charge in [0.15, 0.2) is 0 Å². The van der Waals surface area contributed by atoms with Crippen molar-refractivity contribution < 1.29 is 0 Å². The third-order valence-corrected chi connectivity index (χ3v) is 6.03. The van der Waals surface area contributed by atoms with Gasteiger partial charge in [-0.1, -0.05) is 50.6 Å². The molecular formula is C21H25N. The lowest BCUT2D eigenvalue weighted by atomic mass is 9.69. The first-order valence-electron chi connectivity index (χ1n) is 8.63. The molecule has 0 heterocycles. The van der Waals surface area contributed by atoms with E-state index >= 15 is 0 Å². The summed E-state index contributed by atoms with van der Waals surface area (Å²) >= 11 is 0. The lowest BCUT2D eigenvalue weighted by molar-refractivity contribution is 0.371. The van der Waals surface area contributed by atoms with Crippen molar-refractivity contribution in [1.29, 1.82) is 0 Å². The van der Waals surface area contributed by atoms with Crippen LogP contribution in [0.2, 0.25) is 0 Å². The standard InChI is InChI=1S/C21H25N/c1-4-15-11-14(2)13-21(15)19-8-6-5-7-17(19)18-10-9-16(22-3)12-20(18)21/h5-10,12,14-15,22H,4,11,13H2,1-3H3. The highest BCUT2D eigenvalue weighted by atomic mass is 14.8. The number of hydrogen-bond acceptors (Lipinski definition) is 1. The second kappa shape index (κ2) is 4.87. The molecule has 3 atom stereocenters. The highest BCUT2D eigenvalue weighted by Crippen LogP contribution is 2.61. The van der Waals surface area contributed by atoms with Crippen molar-refractivity contribution in [2.75, 3.05) is 12.4 Å². The maximum Gasteiger partial charge on any atom is 0.0341 e. The molecule has 2 aliphatic rings. The number of anilines is 1. The van der Waals surface area contributed by atoms with Gasteiger partial charge < -0.3 is 5.32 Å². The van der Waals surface area contributed by atoms with Gasteiger partial charge in [0.05, 0.1) is 0 Å². The van der Waals surface area contributed by atoms with Crippen LogP contribution in [-0.4, -0.2) is 7.05 Å². The number of nitrogens with one attached hydrogen (secondary N) is 1. The minimum Gasteiger partial charge on any atom is -0.388 e. The molecule has 1 spiro atoms. The summed E-state index contributed by atoms with van der Waals surface area (Å²) in [6, 6.07) is 16.1. The Morgan fingerprint density at radius 3 is 2.64 bits per heavy atom. The molecule has 2 aromatic carbocycles. The summed E-state index contributed by atoms with van der Waals surface area (Å²) in [7, 11) is 2.02. The van der Waals surface area contributed by atoms with Gasteiger partial charge in [-0.05, 0) is 59.1 Å². The summed E-state index contributed by atoms with van der Waals surface area (Å²) in [5.74, 6) is 1.57. The largest absolute Gasteiger partial charge is 0.388 e. The number of benzene rings is 2. The molecule has 0 aromatic heterocycles. The van der Waals surface area contributed by atoms with Gasteiger partial charge in [0.25, 0.3) is 0 Å². The van der Waals surface area contributed by atoms with Crippen LogP contribution in [0.1, 0.15) is 44.2 Å². The lowest BCUT2D eigenvalue weighted by Crippen LogP contribution is -2.29. The van der Waals surface area contributed by atoms with E-state index in [2.05, 4.69) is 61.6 Å². The third kappa shape index (κ3) is 1.65. The average Bonchev–Trinajstić information content (AvgIpc) is 3.04. The van der Waals surface area contributed by atoms with Gasteiger partial charge in [0.1, 0.15) is 0 Å². The SMILES string of the molecule is CCC1CC(C)CC12c1ccccc1-c1ccc(NC)cc12. The van der Waals surface area contributed by atoms with Gasteiger partial charge in [-0.15, -0.1) is 0 Å². The first-order valence-corrected chi connectivity index (χ1v) is 8.63. The Labute approximate surface area is 133 Å². The fraction of sp³-hybridized carbons (Fsp3) is 0.429. The van der Waals surface area contributed by atoms with Crippen molar-refractivity contribution in [2.45, 2.75) is 38.5 Å². The Morgan fingerprint density at radius 1 is 1.09 bits per heavy atom. The van der Waals surface area contributed by atoms with Gasteiger partial charge in [0, 0.05) is 18.2 Å². The Kier molecular flexibility index (Phi) is 3.07. The second-order valence-electron chi connectivity index (χ2n) is 7.18. The van der Waals surface area contributed by atoms with Crippen LogP contribution < -0.4 is 5.32 Å². The fourth-order valence-corrected chi connectivity index (χ4v) is 5.22. The Morgan fingerprint density at radius 2 is 1.86 bits per heavy atom. The molecule has 22 heavy (non-hydrogen) atoms. The van der Waals surface area contributed by atoms with Crippen molar-refractivity contribution >= 4 is 5.69 Å². The molecule has 1 fully saturated rings. The van der Waals surface area contributed by atoms with Crippen LogP contribution in [0.3, 0.4) is 0 Å². The topological polar surface area (TPSA) is 12.0 Å². The average molecular weight is 291 g/mol. The van der Waals surface area contributed by atoms with E-state index in [0.29, 0.717) is 0 Å². The van der Waals surface area contributed by atoms with Crippen LogP contribution in [0.5, 0.6) is 0 Å². The highest BCUT2D eigenvalue weighted by Gasteiger charge is 2.52. The molecule has 4 rings (SSSR count). The first kappa shape index (κ1) is 13.9. The quantitative estimate of drug-likeness (QED) is 0.775. The van der Waals surface area contributed by atoms with Gasteiger partial charge in [-0.3, -0.25) is 0 Å². The van der Waals surface area contributed by atoms with Gasteiger partial charge in [0.2, 0.25) is 0 Å². The van der Waals surface area contributed by atoms with Crippen LogP contribution in [0, 0.1) is 11.8 Å². The summed E-state index contributed by atoms with van der Waals surface area (Å²) < 4.78 is 0. The smallest absolute Gasteiger partial charge is 0.0341 e. The van der Waals surface area contributed by atoms with Crippen molar-refractivity contribution in [2.24, 2.45) is 11.8 Å². The molecule has 0 bridgehead atoms. The molecule has 1 N–H and O–H groups in total. The molecule has 0 radical (unpaired) electrons. The lowest BCUT2D eigenvalue weighted by Gasteiger charge is -2.34. The summed E-state index contributed by atoms with van der Waals surface area (Å²) in [5, 5.41) is 3.33. The normalized spacial score (nSPS) is 28.7. The molecule has 3 unspecified atom stereocenters. The third-order valence-electron chi connectivity index (χ3n) is 6.03. The molecule has 0 aliphatic heterocycles. The molecular weight excluding hydrogens is 266 g/mol. The zero-order chi connectivity index (χ0) is 15.3. The van der Waals surface area contributed by atoms with Crippen LogP contribution in [0.4, 0.5) is 5.69 Å². The van der Waals surface area contributed by atoms with E-state index in [1.54, 1.807) is 11.1 Å². The number of rotatable bonds is 2. The van der Waals surface area contributed by atoms with E-state index in [1.807, 2.05) is 7.05 Å². The van der Waals surface area contributed by atoms with Crippen LogP contribution >= 0.6 is 0 Å². The highest BCUT2D eigenvalue weighted by molar-refractivity contribution is 5.83. The van der Waals surface area contributed by atoms with E-state index < -0.39 is 0 Å². The van der Waals surface area contributed by atoms with E-state index in [9.17, 15) is 0 Å². The Bertz CT molecular complexity index is 718. The summed E-state index contributed by atoms with van der Waals surface area (Å²) in [5.41, 5.74) is 7.55. The molecule has 1 saturated carbocycles. The zero-order valence-electron chi connectivity index (χ0n) is 13.8. The Hall–Kier alpha value is -1.76. The van der Waals surface area contributed by atoms with E-state index in [1.165, 1.54) is 36.1 Å². The maximum atomic E-state index is 3.33. The van der Waals surface area contributed by atoms with Crippen molar-refractivity contribution in [3.05, 3.63) is 53.6 Å². The van der Waals surface area contributed by atoms with Crippen molar-refractivity contribution in [1.82, 2.24) is 0 Å². The summed E-state index contributed by atoms with van der Waals surface area (Å²) in [6.07, 6.45) is 3.92. The monoisotopic (exact) mass is 291 g/mol. The predicted octanol–water partition coefficient (Wildman–Crippen LogP) is 5.45. The van der Waals surface area contributed by atoms with Crippen molar-refractivity contribution in [3.8, 4) is 11.1 Å². The van der Waals surface area contributed by atoms with Gasteiger partial charge in [-0.25, -0.2) is 0 Å². The molecule has 2 aliphatic carbocycles. The second-order valence-corrected chi connectivity index (χ2v) is 7.18. The van der Waals surface area contributed by atoms with Crippen LogP contribution in [0.15, 0.2) is 42.5 Å². The Balaban J connectivity index is 2.03. The molecule has 1 heteroatoms. The first-order chi connectivity index (χ1) is 10.7. The van der Waals surface area contributed by atoms with E-state index in [0.717, 1.165) is 11.8 Å². The molecule has 1 nitrogen and oxygen atoms in total. The zero-order valence-corrected chi connectivity index (χ0v) is 13.8. The molecule has 0 amide bonds.